The van der Waals surface area contributed by atoms with Crippen molar-refractivity contribution in [1.29, 1.82) is 0 Å². The number of hydrogen-bond donors (Lipinski definition) is 4. The maximum absolute atomic E-state index is 11.3. The van der Waals surface area contributed by atoms with Gasteiger partial charge in [0.05, 0.1) is 12.1 Å². The van der Waals surface area contributed by atoms with Gasteiger partial charge in [-0.15, -0.1) is 0 Å². The van der Waals surface area contributed by atoms with Crippen LogP contribution in [0.1, 0.15) is 33.6 Å². The van der Waals surface area contributed by atoms with Gasteiger partial charge in [-0.2, -0.15) is 0 Å². The third-order valence-electron chi connectivity index (χ3n) is 2.87. The van der Waals surface area contributed by atoms with Crippen LogP contribution in [0.2, 0.25) is 0 Å². The number of imide groups is 1. The summed E-state index contributed by atoms with van der Waals surface area (Å²) in [5, 5.41) is 14.7. The Morgan fingerprint density at radius 2 is 1.82 bits per heavy atom. The second-order valence-electron chi connectivity index (χ2n) is 4.13. The van der Waals surface area contributed by atoms with Gasteiger partial charge in [-0.1, -0.05) is 26.7 Å². The molecule has 0 saturated heterocycles. The Morgan fingerprint density at radius 3 is 2.24 bits per heavy atom. The largest absolute Gasteiger partial charge is 0.392 e. The number of carbonyl (C=O) groups excluding carboxylic acids is 2. The molecule has 0 aromatic rings. The van der Waals surface area contributed by atoms with Crippen molar-refractivity contribution in [2.75, 3.05) is 6.54 Å². The lowest BCUT2D eigenvalue weighted by Gasteiger charge is -2.22. The molecular weight excluding hydrogens is 222 g/mol. The molecule has 0 bridgehead atoms. The van der Waals surface area contributed by atoms with Crippen molar-refractivity contribution in [1.82, 2.24) is 10.6 Å². The first kappa shape index (κ1) is 15.9. The van der Waals surface area contributed by atoms with Gasteiger partial charge in [0.2, 0.25) is 5.91 Å². The van der Waals surface area contributed by atoms with Gasteiger partial charge in [0.25, 0.3) is 0 Å². The molecule has 2 atom stereocenters. The van der Waals surface area contributed by atoms with E-state index in [0.29, 0.717) is 6.54 Å². The summed E-state index contributed by atoms with van der Waals surface area (Å²) in [7, 11) is 0. The van der Waals surface area contributed by atoms with E-state index >= 15 is 0 Å². The second-order valence-corrected chi connectivity index (χ2v) is 4.13. The monoisotopic (exact) mass is 245 g/mol. The number of nitrogens with two attached hydrogens (primary N) is 1. The molecule has 0 spiro atoms. The number of primary amides is 1. The molecule has 6 heteroatoms. The fourth-order valence-electron chi connectivity index (χ4n) is 1.62. The van der Waals surface area contributed by atoms with Gasteiger partial charge >= 0.3 is 6.03 Å². The van der Waals surface area contributed by atoms with Crippen molar-refractivity contribution < 1.29 is 14.7 Å². The van der Waals surface area contributed by atoms with Crippen LogP contribution in [0, 0.1) is 5.92 Å². The molecule has 100 valence electrons. The van der Waals surface area contributed by atoms with Crippen LogP contribution in [0.25, 0.3) is 0 Å². The smallest absolute Gasteiger partial charge is 0.318 e. The van der Waals surface area contributed by atoms with Crippen LogP contribution in [-0.2, 0) is 4.79 Å². The summed E-state index contributed by atoms with van der Waals surface area (Å²) in [5.74, 6) is -0.275. The normalized spacial score (nSPS) is 14.4. The molecule has 0 aliphatic rings. The predicted octanol–water partition coefficient (Wildman–Crippen LogP) is -0.0435. The molecule has 0 radical (unpaired) electrons. The Hall–Kier alpha value is -1.14. The average molecular weight is 245 g/mol. The number of aliphatic hydroxyl groups is 1. The summed E-state index contributed by atoms with van der Waals surface area (Å²) in [6.45, 7) is 5.96. The minimum Gasteiger partial charge on any atom is -0.392 e. The number of nitrogens with one attached hydrogen (secondary N) is 2. The lowest BCUT2D eigenvalue weighted by Crippen LogP contribution is -2.48. The first-order chi connectivity index (χ1) is 7.92. The molecular formula is C11H23N3O3. The molecule has 6 nitrogen and oxygen atoms in total. The predicted molar refractivity (Wildman–Crippen MR) is 65.3 cm³/mol. The van der Waals surface area contributed by atoms with E-state index < -0.39 is 24.1 Å². The van der Waals surface area contributed by atoms with Crippen molar-refractivity contribution in [3.8, 4) is 0 Å². The highest BCUT2D eigenvalue weighted by Crippen LogP contribution is 2.12. The first-order valence-corrected chi connectivity index (χ1v) is 5.94. The van der Waals surface area contributed by atoms with E-state index in [1.54, 1.807) is 6.92 Å². The molecule has 0 fully saturated rings. The van der Waals surface area contributed by atoms with Crippen molar-refractivity contribution in [2.24, 2.45) is 11.7 Å². The van der Waals surface area contributed by atoms with Crippen LogP contribution in [0.3, 0.4) is 0 Å². The first-order valence-electron chi connectivity index (χ1n) is 5.94. The number of carbonyl (C=O) groups is 2. The quantitative estimate of drug-likeness (QED) is 0.505. The number of amides is 3. The van der Waals surface area contributed by atoms with Gasteiger partial charge in [-0.25, -0.2) is 4.79 Å². The minimum atomic E-state index is -0.871. The zero-order valence-electron chi connectivity index (χ0n) is 10.7. The van der Waals surface area contributed by atoms with Gasteiger partial charge < -0.3 is 16.2 Å². The summed E-state index contributed by atoms with van der Waals surface area (Å²) in [6, 6.07) is -1.43. The third-order valence-corrected chi connectivity index (χ3v) is 2.87. The molecule has 0 aromatic heterocycles. The molecule has 5 N–H and O–H groups in total. The zero-order chi connectivity index (χ0) is 13.4. The van der Waals surface area contributed by atoms with E-state index in [9.17, 15) is 14.7 Å². The van der Waals surface area contributed by atoms with Gasteiger partial charge in [-0.3, -0.25) is 10.1 Å². The number of rotatable bonds is 7. The molecule has 0 aliphatic carbocycles. The average Bonchev–Trinajstić information content (AvgIpc) is 2.26. The maximum atomic E-state index is 11.3. The highest BCUT2D eigenvalue weighted by atomic mass is 16.3. The van der Waals surface area contributed by atoms with Crippen LogP contribution >= 0.6 is 0 Å². The van der Waals surface area contributed by atoms with Crippen molar-refractivity contribution in [3.05, 3.63) is 0 Å². The van der Waals surface area contributed by atoms with Crippen LogP contribution < -0.4 is 16.4 Å². The minimum absolute atomic E-state index is 0.217. The fourth-order valence-corrected chi connectivity index (χ4v) is 1.62. The number of aliphatic hydroxyl groups excluding tert-OH is 1. The molecule has 0 heterocycles. The summed E-state index contributed by atoms with van der Waals surface area (Å²) < 4.78 is 0. The summed E-state index contributed by atoms with van der Waals surface area (Å²) in [4.78, 5) is 21.8. The van der Waals surface area contributed by atoms with Crippen LogP contribution in [-0.4, -0.2) is 35.7 Å². The Morgan fingerprint density at radius 1 is 1.29 bits per heavy atom. The van der Waals surface area contributed by atoms with Crippen molar-refractivity contribution in [3.63, 3.8) is 0 Å². The maximum Gasteiger partial charge on any atom is 0.318 e. The standard InChI is InChI=1S/C11H23N3O3/c1-4-8(5-2)9(15)6-13-7(3)10(16)14-11(12)17/h7-9,13,15H,4-6H2,1-3H3,(H3,12,14,16,17). The highest BCUT2D eigenvalue weighted by molar-refractivity contribution is 5.96. The molecule has 2 unspecified atom stereocenters. The molecule has 0 aromatic carbocycles. The second kappa shape index (κ2) is 8.03. The Bertz CT molecular complexity index is 254. The molecule has 17 heavy (non-hydrogen) atoms. The summed E-state index contributed by atoms with van der Waals surface area (Å²) in [5.41, 5.74) is 4.83. The fraction of sp³-hybridized carbons (Fsp3) is 0.818. The zero-order valence-corrected chi connectivity index (χ0v) is 10.7. The van der Waals surface area contributed by atoms with Crippen molar-refractivity contribution >= 4 is 11.9 Å². The Labute approximate surface area is 102 Å². The molecule has 0 saturated carbocycles. The van der Waals surface area contributed by atoms with Gasteiger partial charge in [0.15, 0.2) is 0 Å². The van der Waals surface area contributed by atoms with E-state index in [1.165, 1.54) is 0 Å². The Kier molecular flexibility index (Phi) is 7.49. The van der Waals surface area contributed by atoms with Gasteiger partial charge in [0.1, 0.15) is 0 Å². The SMILES string of the molecule is CCC(CC)C(O)CNC(C)C(=O)NC(N)=O. The van der Waals surface area contributed by atoms with E-state index in [1.807, 2.05) is 19.2 Å². The molecule has 3 amide bonds. The van der Waals surface area contributed by atoms with Gasteiger partial charge in [0, 0.05) is 6.54 Å². The van der Waals surface area contributed by atoms with Crippen molar-refractivity contribution in [2.45, 2.75) is 45.8 Å². The number of hydrogen-bond acceptors (Lipinski definition) is 4. The van der Waals surface area contributed by atoms with E-state index in [2.05, 4.69) is 5.32 Å². The van der Waals surface area contributed by atoms with Crippen LogP contribution in [0.15, 0.2) is 0 Å². The van der Waals surface area contributed by atoms with E-state index in [0.717, 1.165) is 12.8 Å². The summed E-state index contributed by atoms with van der Waals surface area (Å²) in [6.07, 6.45) is 1.29. The van der Waals surface area contributed by atoms with Crippen LogP contribution in [0.4, 0.5) is 4.79 Å². The topological polar surface area (TPSA) is 104 Å². The van der Waals surface area contributed by atoms with Gasteiger partial charge in [-0.05, 0) is 12.8 Å². The molecule has 0 rings (SSSR count). The molecule has 0 aliphatic heterocycles. The number of urea groups is 1. The van der Waals surface area contributed by atoms with Crippen LogP contribution in [0.5, 0.6) is 0 Å². The lowest BCUT2D eigenvalue weighted by atomic mass is 9.96. The lowest BCUT2D eigenvalue weighted by molar-refractivity contribution is -0.121. The van der Waals surface area contributed by atoms with E-state index in [-0.39, 0.29) is 5.92 Å². The third kappa shape index (κ3) is 6.23. The summed E-state index contributed by atoms with van der Waals surface area (Å²) >= 11 is 0. The Balaban J connectivity index is 4.01. The van der Waals surface area contributed by atoms with E-state index in [4.69, 9.17) is 5.73 Å². The highest BCUT2D eigenvalue weighted by Gasteiger charge is 2.19.